The molecule has 0 aliphatic heterocycles. The highest BCUT2D eigenvalue weighted by atomic mass is 16.2. The van der Waals surface area contributed by atoms with Crippen LogP contribution in [0.15, 0.2) is 47.3 Å². The van der Waals surface area contributed by atoms with Gasteiger partial charge < -0.3 is 15.3 Å². The van der Waals surface area contributed by atoms with Gasteiger partial charge >= 0.3 is 5.69 Å². The maximum absolute atomic E-state index is 12.7. The minimum Gasteiger partial charge on any atom is -0.325 e. The summed E-state index contributed by atoms with van der Waals surface area (Å²) in [5.41, 5.74) is 4.25. The number of aromatic nitrogens is 2. The van der Waals surface area contributed by atoms with E-state index in [1.54, 1.807) is 18.2 Å². The van der Waals surface area contributed by atoms with Crippen molar-refractivity contribution in [2.24, 2.45) is 5.92 Å². The molecule has 1 heterocycles. The zero-order chi connectivity index (χ0) is 20.3. The van der Waals surface area contributed by atoms with E-state index in [4.69, 9.17) is 0 Å². The third-order valence-corrected chi connectivity index (χ3v) is 5.02. The number of nitrogens with one attached hydrogen (secondary N) is 4. The van der Waals surface area contributed by atoms with E-state index in [1.165, 1.54) is 11.1 Å². The van der Waals surface area contributed by atoms with E-state index in [9.17, 15) is 9.59 Å². The van der Waals surface area contributed by atoms with Gasteiger partial charge in [-0.2, -0.15) is 0 Å². The quantitative estimate of drug-likeness (QED) is 0.503. The number of aryl methyl sites for hydroxylation is 1. The van der Waals surface area contributed by atoms with Crippen LogP contribution in [0.3, 0.4) is 0 Å². The van der Waals surface area contributed by atoms with Gasteiger partial charge in [-0.25, -0.2) is 4.79 Å². The Morgan fingerprint density at radius 3 is 2.32 bits per heavy atom. The molecule has 0 saturated heterocycles. The lowest BCUT2D eigenvalue weighted by molar-refractivity contribution is -0.118. The van der Waals surface area contributed by atoms with Gasteiger partial charge in [0.2, 0.25) is 5.91 Å². The Hall–Kier alpha value is -2.86. The molecule has 6 nitrogen and oxygen atoms in total. The molecule has 0 spiro atoms. The van der Waals surface area contributed by atoms with Gasteiger partial charge in [0.15, 0.2) is 0 Å². The minimum atomic E-state index is -0.376. The molecule has 6 heteroatoms. The van der Waals surface area contributed by atoms with Crippen LogP contribution in [-0.2, 0) is 11.2 Å². The lowest BCUT2D eigenvalue weighted by Gasteiger charge is -2.26. The number of carbonyl (C=O) groups excluding carboxylic acids is 1. The highest BCUT2D eigenvalue weighted by Gasteiger charge is 2.22. The molecule has 3 aromatic rings. The molecule has 148 valence electrons. The van der Waals surface area contributed by atoms with Crippen LogP contribution in [0.25, 0.3) is 11.0 Å². The van der Waals surface area contributed by atoms with E-state index in [0.717, 1.165) is 6.42 Å². The summed E-state index contributed by atoms with van der Waals surface area (Å²) in [7, 11) is 0. The van der Waals surface area contributed by atoms with Crippen molar-refractivity contribution in [2.45, 2.75) is 46.2 Å². The second-order valence-electron chi connectivity index (χ2n) is 7.53. The van der Waals surface area contributed by atoms with Crippen LogP contribution in [0.1, 0.15) is 44.9 Å². The summed E-state index contributed by atoms with van der Waals surface area (Å²) in [5, 5.41) is 6.38. The second kappa shape index (κ2) is 8.44. The first kappa shape index (κ1) is 19.9. The summed E-state index contributed by atoms with van der Waals surface area (Å²) in [6, 6.07) is 13.6. The number of rotatable bonds is 7. The number of benzene rings is 2. The Balaban J connectivity index is 1.70. The predicted octanol–water partition coefficient (Wildman–Crippen LogP) is 3.73. The number of fused-ring (bicyclic) bond motifs is 1. The van der Waals surface area contributed by atoms with Gasteiger partial charge in [-0.05, 0) is 48.6 Å². The van der Waals surface area contributed by atoms with Crippen LogP contribution >= 0.6 is 0 Å². The Labute approximate surface area is 164 Å². The van der Waals surface area contributed by atoms with Gasteiger partial charge in [0.1, 0.15) is 0 Å². The lowest BCUT2D eigenvalue weighted by atomic mass is 9.94. The van der Waals surface area contributed by atoms with Crippen molar-refractivity contribution < 1.29 is 4.79 Å². The smallest absolute Gasteiger partial charge is 0.323 e. The third kappa shape index (κ3) is 4.51. The zero-order valence-corrected chi connectivity index (χ0v) is 16.8. The molecule has 0 aliphatic rings. The van der Waals surface area contributed by atoms with Crippen LogP contribution in [0.4, 0.5) is 5.69 Å². The molecule has 0 unspecified atom stereocenters. The average Bonchev–Trinajstić information content (AvgIpc) is 3.05. The summed E-state index contributed by atoms with van der Waals surface area (Å²) in [6.07, 6.45) is 1.01. The van der Waals surface area contributed by atoms with E-state index in [0.29, 0.717) is 22.6 Å². The molecule has 2 aromatic carbocycles. The normalized spacial score (nSPS) is 13.6. The summed E-state index contributed by atoms with van der Waals surface area (Å²) < 4.78 is 0. The highest BCUT2D eigenvalue weighted by molar-refractivity contribution is 5.96. The lowest BCUT2D eigenvalue weighted by Crippen LogP contribution is -2.41. The van der Waals surface area contributed by atoms with Gasteiger partial charge in [0.05, 0.1) is 17.1 Å². The summed E-state index contributed by atoms with van der Waals surface area (Å²) in [6.45, 7) is 8.29. The number of carbonyl (C=O) groups is 1. The fraction of sp³-hybridized carbons (Fsp3) is 0.364. The fourth-order valence-corrected chi connectivity index (χ4v) is 3.34. The SMILES string of the molecule is CCc1ccc([C@@H](N[C@@H](C)C(=O)Nc2ccc3[nH]c(=O)[nH]c3c2)C(C)C)cc1. The molecule has 0 bridgehead atoms. The monoisotopic (exact) mass is 380 g/mol. The van der Waals surface area contributed by atoms with Gasteiger partial charge in [0.25, 0.3) is 0 Å². The molecule has 0 fully saturated rings. The Bertz CT molecular complexity index is 1000. The van der Waals surface area contributed by atoms with Crippen LogP contribution < -0.4 is 16.3 Å². The van der Waals surface area contributed by atoms with Crippen molar-refractivity contribution >= 4 is 22.6 Å². The number of imidazole rings is 1. The van der Waals surface area contributed by atoms with E-state index in [2.05, 4.69) is 65.6 Å². The highest BCUT2D eigenvalue weighted by Crippen LogP contribution is 2.23. The number of H-pyrrole nitrogens is 2. The van der Waals surface area contributed by atoms with E-state index >= 15 is 0 Å². The fourth-order valence-electron chi connectivity index (χ4n) is 3.34. The number of hydrogen-bond donors (Lipinski definition) is 4. The first-order valence-electron chi connectivity index (χ1n) is 9.75. The third-order valence-electron chi connectivity index (χ3n) is 5.02. The number of aromatic amines is 2. The largest absolute Gasteiger partial charge is 0.325 e. The second-order valence-corrected chi connectivity index (χ2v) is 7.53. The molecule has 1 aromatic heterocycles. The Morgan fingerprint density at radius 1 is 1.00 bits per heavy atom. The Morgan fingerprint density at radius 2 is 1.68 bits per heavy atom. The maximum Gasteiger partial charge on any atom is 0.323 e. The first-order chi connectivity index (χ1) is 13.4. The van der Waals surface area contributed by atoms with Crippen LogP contribution in [-0.4, -0.2) is 21.9 Å². The van der Waals surface area contributed by atoms with Crippen LogP contribution in [0, 0.1) is 5.92 Å². The standard InChI is InChI=1S/C22H28N4O2/c1-5-15-6-8-16(9-7-15)20(13(2)3)23-14(4)21(27)24-17-10-11-18-19(12-17)26-22(28)25-18/h6-14,20,23H,5H2,1-4H3,(H,24,27)(H2,25,26,28)/t14-,20-/m0/s1. The number of amides is 1. The molecule has 28 heavy (non-hydrogen) atoms. The minimum absolute atomic E-state index is 0.0789. The average molecular weight is 380 g/mol. The zero-order valence-electron chi connectivity index (χ0n) is 16.8. The van der Waals surface area contributed by atoms with Crippen LogP contribution in [0.2, 0.25) is 0 Å². The molecule has 0 saturated carbocycles. The van der Waals surface area contributed by atoms with E-state index in [-0.39, 0.29) is 23.7 Å². The first-order valence-corrected chi connectivity index (χ1v) is 9.75. The molecular weight excluding hydrogens is 352 g/mol. The molecule has 3 rings (SSSR count). The summed E-state index contributed by atoms with van der Waals surface area (Å²) in [4.78, 5) is 29.5. The van der Waals surface area contributed by atoms with Crippen molar-refractivity contribution in [3.63, 3.8) is 0 Å². The molecule has 0 aliphatic carbocycles. The van der Waals surface area contributed by atoms with Crippen molar-refractivity contribution in [1.82, 2.24) is 15.3 Å². The molecule has 0 radical (unpaired) electrons. The maximum atomic E-state index is 12.7. The van der Waals surface area contributed by atoms with Crippen molar-refractivity contribution in [3.8, 4) is 0 Å². The molecule has 2 atom stereocenters. The van der Waals surface area contributed by atoms with E-state index < -0.39 is 0 Å². The van der Waals surface area contributed by atoms with Crippen molar-refractivity contribution in [2.75, 3.05) is 5.32 Å². The molecule has 4 N–H and O–H groups in total. The van der Waals surface area contributed by atoms with Crippen molar-refractivity contribution in [1.29, 1.82) is 0 Å². The molecule has 1 amide bonds. The van der Waals surface area contributed by atoms with Crippen LogP contribution in [0.5, 0.6) is 0 Å². The summed E-state index contributed by atoms with van der Waals surface area (Å²) in [5.74, 6) is 0.220. The van der Waals surface area contributed by atoms with Crippen molar-refractivity contribution in [3.05, 3.63) is 64.1 Å². The topological polar surface area (TPSA) is 89.8 Å². The van der Waals surface area contributed by atoms with Gasteiger partial charge in [-0.1, -0.05) is 45.0 Å². The van der Waals surface area contributed by atoms with Gasteiger partial charge in [-0.15, -0.1) is 0 Å². The predicted molar refractivity (Wildman–Crippen MR) is 114 cm³/mol. The van der Waals surface area contributed by atoms with Gasteiger partial charge in [0, 0.05) is 11.7 Å². The number of hydrogen-bond acceptors (Lipinski definition) is 3. The molecular formula is C22H28N4O2. The summed E-state index contributed by atoms with van der Waals surface area (Å²) >= 11 is 0. The van der Waals surface area contributed by atoms with E-state index in [1.807, 2.05) is 6.92 Å². The Kier molecular flexibility index (Phi) is 5.99. The number of anilines is 1. The van der Waals surface area contributed by atoms with Gasteiger partial charge in [-0.3, -0.25) is 10.1 Å².